The molecule has 4 heteroatoms. The molecule has 1 amide bonds. The Morgan fingerprint density at radius 3 is 2.76 bits per heavy atom. The van der Waals surface area contributed by atoms with Gasteiger partial charge in [0, 0.05) is 17.8 Å². The first kappa shape index (κ1) is 11.9. The van der Waals surface area contributed by atoms with Crippen molar-refractivity contribution < 1.29 is 9.90 Å². The molecule has 0 aromatic heterocycles. The molecular weight excluding hydrogens is 216 g/mol. The van der Waals surface area contributed by atoms with E-state index in [-0.39, 0.29) is 5.91 Å². The van der Waals surface area contributed by atoms with Crippen molar-refractivity contribution in [1.29, 1.82) is 0 Å². The van der Waals surface area contributed by atoms with Gasteiger partial charge in [0.05, 0.1) is 12.1 Å². The van der Waals surface area contributed by atoms with E-state index in [0.717, 1.165) is 17.7 Å². The Morgan fingerprint density at radius 1 is 1.41 bits per heavy atom. The monoisotopic (exact) mass is 234 g/mol. The molecule has 0 atom stereocenters. The average molecular weight is 234 g/mol. The van der Waals surface area contributed by atoms with Crippen LogP contribution in [0.15, 0.2) is 18.2 Å². The largest absolute Gasteiger partial charge is 0.399 e. The highest BCUT2D eigenvalue weighted by Crippen LogP contribution is 2.30. The topological polar surface area (TPSA) is 66.6 Å². The normalized spacial score (nSPS) is 15.9. The van der Waals surface area contributed by atoms with Gasteiger partial charge in [-0.1, -0.05) is 0 Å². The minimum atomic E-state index is -0.897. The van der Waals surface area contributed by atoms with Crippen molar-refractivity contribution in [2.45, 2.75) is 32.3 Å². The van der Waals surface area contributed by atoms with Gasteiger partial charge in [-0.05, 0) is 44.0 Å². The number of nitrogens with two attached hydrogens (primary N) is 1. The lowest BCUT2D eigenvalue weighted by atomic mass is 9.98. The number of benzene rings is 1. The van der Waals surface area contributed by atoms with E-state index >= 15 is 0 Å². The molecule has 0 radical (unpaired) electrons. The molecule has 3 N–H and O–H groups in total. The predicted octanol–water partition coefficient (Wildman–Crippen LogP) is 1.32. The Hall–Kier alpha value is -1.55. The summed E-state index contributed by atoms with van der Waals surface area (Å²) >= 11 is 0. The summed E-state index contributed by atoms with van der Waals surface area (Å²) in [5.41, 5.74) is 7.50. The molecule has 0 aliphatic carbocycles. The lowest BCUT2D eigenvalue weighted by Crippen LogP contribution is -2.44. The Morgan fingerprint density at radius 2 is 2.12 bits per heavy atom. The third-order valence-electron chi connectivity index (χ3n) is 2.85. The van der Waals surface area contributed by atoms with Crippen LogP contribution in [0.4, 0.5) is 11.4 Å². The second-order valence-corrected chi connectivity index (χ2v) is 5.18. The number of carbonyl (C=O) groups is 1. The number of rotatable bonds is 2. The highest BCUT2D eigenvalue weighted by Gasteiger charge is 2.28. The molecule has 1 aromatic carbocycles. The van der Waals surface area contributed by atoms with E-state index in [0.29, 0.717) is 18.7 Å². The summed E-state index contributed by atoms with van der Waals surface area (Å²) in [7, 11) is 0. The van der Waals surface area contributed by atoms with E-state index in [2.05, 4.69) is 0 Å². The van der Waals surface area contributed by atoms with Gasteiger partial charge < -0.3 is 15.7 Å². The maximum absolute atomic E-state index is 11.9. The number of hydrogen-bond donors (Lipinski definition) is 2. The number of aliphatic hydroxyl groups is 1. The molecule has 4 nitrogen and oxygen atoms in total. The summed E-state index contributed by atoms with van der Waals surface area (Å²) in [6.45, 7) is 3.71. The third kappa shape index (κ3) is 2.58. The lowest BCUT2D eigenvalue weighted by Gasteiger charge is -2.33. The van der Waals surface area contributed by atoms with Crippen molar-refractivity contribution in [3.05, 3.63) is 23.8 Å². The highest BCUT2D eigenvalue weighted by molar-refractivity contribution is 5.96. The molecule has 1 heterocycles. The van der Waals surface area contributed by atoms with Crippen LogP contribution in [-0.4, -0.2) is 23.2 Å². The second kappa shape index (κ2) is 4.04. The van der Waals surface area contributed by atoms with Crippen LogP contribution in [0.25, 0.3) is 0 Å². The van der Waals surface area contributed by atoms with Crippen LogP contribution in [0.3, 0.4) is 0 Å². The van der Waals surface area contributed by atoms with Crippen molar-refractivity contribution in [3.63, 3.8) is 0 Å². The van der Waals surface area contributed by atoms with E-state index in [1.807, 2.05) is 12.1 Å². The van der Waals surface area contributed by atoms with Crippen LogP contribution in [-0.2, 0) is 11.2 Å². The maximum atomic E-state index is 11.9. The number of carbonyl (C=O) groups excluding carboxylic acids is 1. The van der Waals surface area contributed by atoms with Crippen LogP contribution >= 0.6 is 0 Å². The van der Waals surface area contributed by atoms with Gasteiger partial charge in [0.25, 0.3) is 0 Å². The zero-order valence-corrected chi connectivity index (χ0v) is 10.2. The van der Waals surface area contributed by atoms with Crippen LogP contribution in [0.1, 0.15) is 25.8 Å². The summed E-state index contributed by atoms with van der Waals surface area (Å²) in [4.78, 5) is 13.6. The Labute approximate surface area is 101 Å². The van der Waals surface area contributed by atoms with Crippen LogP contribution in [0, 0.1) is 0 Å². The fourth-order valence-electron chi connectivity index (χ4n) is 2.14. The number of hydrogen-bond acceptors (Lipinski definition) is 3. The van der Waals surface area contributed by atoms with Gasteiger partial charge in [-0.25, -0.2) is 0 Å². The molecule has 0 spiro atoms. The number of fused-ring (bicyclic) bond motifs is 1. The summed E-state index contributed by atoms with van der Waals surface area (Å²) in [5, 5.41) is 9.85. The molecule has 2 rings (SSSR count). The molecule has 1 aromatic rings. The number of aryl methyl sites for hydroxylation is 1. The van der Waals surface area contributed by atoms with E-state index in [1.165, 1.54) is 0 Å². The van der Waals surface area contributed by atoms with Gasteiger partial charge >= 0.3 is 0 Å². The average Bonchev–Trinajstić information content (AvgIpc) is 2.21. The maximum Gasteiger partial charge on any atom is 0.227 e. The number of amides is 1. The van der Waals surface area contributed by atoms with E-state index < -0.39 is 5.60 Å². The minimum absolute atomic E-state index is 0.0596. The SMILES string of the molecule is CC(C)(O)CN1C(=O)CCc2cc(N)ccc21. The molecule has 0 unspecified atom stereocenters. The van der Waals surface area contributed by atoms with Gasteiger partial charge in [-0.2, -0.15) is 0 Å². The lowest BCUT2D eigenvalue weighted by molar-refractivity contribution is -0.119. The zero-order chi connectivity index (χ0) is 12.6. The number of β-amino-alcohol motifs (C(OH)–C–C–N with tert-alkyl or cyclic N) is 1. The van der Waals surface area contributed by atoms with Crippen molar-refractivity contribution in [3.8, 4) is 0 Å². The summed E-state index contributed by atoms with van der Waals surface area (Å²) < 4.78 is 0. The van der Waals surface area contributed by atoms with Crippen molar-refractivity contribution in [1.82, 2.24) is 0 Å². The molecule has 0 saturated carbocycles. The Bertz CT molecular complexity index is 449. The van der Waals surface area contributed by atoms with Crippen molar-refractivity contribution in [2.24, 2.45) is 0 Å². The second-order valence-electron chi connectivity index (χ2n) is 5.18. The van der Waals surface area contributed by atoms with Crippen LogP contribution in [0.2, 0.25) is 0 Å². The molecular formula is C13H18N2O2. The number of nitrogen functional groups attached to an aromatic ring is 1. The fourth-order valence-corrected chi connectivity index (χ4v) is 2.14. The Kier molecular flexibility index (Phi) is 2.83. The Balaban J connectivity index is 2.37. The molecule has 0 bridgehead atoms. The first-order valence-electron chi connectivity index (χ1n) is 5.78. The first-order chi connectivity index (χ1) is 7.87. The number of anilines is 2. The smallest absolute Gasteiger partial charge is 0.227 e. The standard InChI is InChI=1S/C13H18N2O2/c1-13(2,17)8-15-11-5-4-10(14)7-9(11)3-6-12(15)16/h4-5,7,17H,3,6,8,14H2,1-2H3. The van der Waals surface area contributed by atoms with Crippen LogP contribution < -0.4 is 10.6 Å². The summed E-state index contributed by atoms with van der Waals surface area (Å²) in [5.74, 6) is 0.0596. The van der Waals surface area contributed by atoms with Gasteiger partial charge in [-0.3, -0.25) is 4.79 Å². The highest BCUT2D eigenvalue weighted by atomic mass is 16.3. The molecule has 0 saturated heterocycles. The van der Waals surface area contributed by atoms with E-state index in [9.17, 15) is 9.90 Å². The molecule has 1 aliphatic rings. The first-order valence-corrected chi connectivity index (χ1v) is 5.78. The minimum Gasteiger partial charge on any atom is -0.399 e. The quantitative estimate of drug-likeness (QED) is 0.758. The van der Waals surface area contributed by atoms with Crippen molar-refractivity contribution in [2.75, 3.05) is 17.2 Å². The van der Waals surface area contributed by atoms with Crippen molar-refractivity contribution >= 4 is 17.3 Å². The zero-order valence-electron chi connectivity index (χ0n) is 10.2. The molecule has 92 valence electrons. The van der Waals surface area contributed by atoms with Gasteiger partial charge in [0.1, 0.15) is 0 Å². The summed E-state index contributed by atoms with van der Waals surface area (Å²) in [6, 6.07) is 5.54. The number of nitrogens with zero attached hydrogens (tertiary/aromatic N) is 1. The third-order valence-corrected chi connectivity index (χ3v) is 2.85. The van der Waals surface area contributed by atoms with Gasteiger partial charge in [0.2, 0.25) is 5.91 Å². The van der Waals surface area contributed by atoms with Crippen LogP contribution in [0.5, 0.6) is 0 Å². The van der Waals surface area contributed by atoms with E-state index in [1.54, 1.807) is 24.8 Å². The summed E-state index contributed by atoms with van der Waals surface area (Å²) in [6.07, 6.45) is 1.20. The predicted molar refractivity (Wildman–Crippen MR) is 67.8 cm³/mol. The molecule has 1 aliphatic heterocycles. The fraction of sp³-hybridized carbons (Fsp3) is 0.462. The molecule has 0 fully saturated rings. The van der Waals surface area contributed by atoms with Gasteiger partial charge in [-0.15, -0.1) is 0 Å². The molecule has 17 heavy (non-hydrogen) atoms. The van der Waals surface area contributed by atoms with E-state index in [4.69, 9.17) is 5.73 Å². The van der Waals surface area contributed by atoms with Gasteiger partial charge in [0.15, 0.2) is 0 Å².